The number of aliphatic hydroxyl groups is 1. The molecule has 2 aromatic rings. The fourth-order valence-corrected chi connectivity index (χ4v) is 4.10. The molecular formula is C15H24ClFIN3O3. The van der Waals surface area contributed by atoms with Gasteiger partial charge in [0.2, 0.25) is 0 Å². The van der Waals surface area contributed by atoms with E-state index in [1.165, 1.54) is 12.1 Å². The molecule has 9 heteroatoms. The summed E-state index contributed by atoms with van der Waals surface area (Å²) in [5.74, 6) is 0.0209. The standard InChI is InChI=1S/C15H18FIN2O2.ClH.H3N.H2O/c1-9(20)8-19-5-4-10(6-14(19)17)15-12-3-2-11(16)7-13(12)21-18-15;;;/h2-3,7,9-10,14,20H,4-6,8H2,1H3;1H;1H3;1H2. The molecule has 3 rings (SSSR count). The maximum Gasteiger partial charge on any atom is 0.170 e. The largest absolute Gasteiger partial charge is 0.412 e. The van der Waals surface area contributed by atoms with Gasteiger partial charge < -0.3 is 21.3 Å². The van der Waals surface area contributed by atoms with Crippen molar-refractivity contribution in [3.8, 4) is 0 Å². The predicted molar refractivity (Wildman–Crippen MR) is 103 cm³/mol. The van der Waals surface area contributed by atoms with Crippen LogP contribution < -0.4 is 6.15 Å². The fraction of sp³-hybridized carbons (Fsp3) is 0.533. The minimum atomic E-state index is -0.310. The van der Waals surface area contributed by atoms with E-state index in [2.05, 4.69) is 32.6 Å². The van der Waals surface area contributed by atoms with Gasteiger partial charge in [-0.25, -0.2) is 4.39 Å². The second-order valence-corrected chi connectivity index (χ2v) is 7.15. The summed E-state index contributed by atoms with van der Waals surface area (Å²) >= 11 is 2.42. The first kappa shape index (κ1) is 23.5. The van der Waals surface area contributed by atoms with Gasteiger partial charge in [-0.1, -0.05) is 27.7 Å². The van der Waals surface area contributed by atoms with E-state index in [9.17, 15) is 9.50 Å². The third-order valence-corrected chi connectivity index (χ3v) is 5.28. The summed E-state index contributed by atoms with van der Waals surface area (Å²) < 4.78 is 18.8. The van der Waals surface area contributed by atoms with Gasteiger partial charge in [0.1, 0.15) is 5.82 Å². The maximum atomic E-state index is 13.2. The van der Waals surface area contributed by atoms with E-state index in [0.29, 0.717) is 22.1 Å². The van der Waals surface area contributed by atoms with Crippen molar-refractivity contribution in [2.24, 2.45) is 0 Å². The van der Waals surface area contributed by atoms with Gasteiger partial charge in [-0.2, -0.15) is 0 Å². The molecule has 0 aliphatic carbocycles. The number of hydrogen-bond donors (Lipinski definition) is 2. The third-order valence-electron chi connectivity index (χ3n) is 3.99. The maximum absolute atomic E-state index is 13.2. The van der Waals surface area contributed by atoms with Gasteiger partial charge in [-0.3, -0.25) is 4.90 Å². The van der Waals surface area contributed by atoms with Crippen LogP contribution in [-0.2, 0) is 0 Å². The van der Waals surface area contributed by atoms with Crippen LogP contribution in [0.1, 0.15) is 31.4 Å². The van der Waals surface area contributed by atoms with E-state index in [1.54, 1.807) is 6.07 Å². The average molecular weight is 476 g/mol. The van der Waals surface area contributed by atoms with Crippen LogP contribution in [0.25, 0.3) is 11.0 Å². The second kappa shape index (κ2) is 9.83. The first-order valence-electron chi connectivity index (χ1n) is 7.15. The van der Waals surface area contributed by atoms with Crippen molar-refractivity contribution in [2.75, 3.05) is 13.1 Å². The zero-order valence-electron chi connectivity index (χ0n) is 13.4. The molecule has 6 N–H and O–H groups in total. The first-order valence-corrected chi connectivity index (χ1v) is 8.40. The fourth-order valence-electron chi connectivity index (χ4n) is 2.98. The van der Waals surface area contributed by atoms with E-state index >= 15 is 0 Å². The van der Waals surface area contributed by atoms with Crippen LogP contribution in [0.15, 0.2) is 22.7 Å². The smallest absolute Gasteiger partial charge is 0.170 e. The molecule has 0 amide bonds. The van der Waals surface area contributed by atoms with Gasteiger partial charge in [-0.15, -0.1) is 12.4 Å². The average Bonchev–Trinajstić information content (AvgIpc) is 2.83. The highest BCUT2D eigenvalue weighted by atomic mass is 127. The Labute approximate surface area is 160 Å². The van der Waals surface area contributed by atoms with Crippen LogP contribution in [0, 0.1) is 5.82 Å². The van der Waals surface area contributed by atoms with Gasteiger partial charge in [0, 0.05) is 23.9 Å². The highest BCUT2D eigenvalue weighted by Gasteiger charge is 2.30. The number of alkyl halides is 1. The molecule has 138 valence electrons. The summed E-state index contributed by atoms with van der Waals surface area (Å²) in [5, 5.41) is 14.6. The Hall–Kier alpha value is -0.520. The number of nitrogens with zero attached hydrogens (tertiary/aromatic N) is 2. The van der Waals surface area contributed by atoms with Crippen molar-refractivity contribution < 1.29 is 19.5 Å². The van der Waals surface area contributed by atoms with E-state index < -0.39 is 0 Å². The number of halogens is 3. The number of rotatable bonds is 3. The highest BCUT2D eigenvalue weighted by Crippen LogP contribution is 2.37. The van der Waals surface area contributed by atoms with E-state index in [4.69, 9.17) is 4.52 Å². The lowest BCUT2D eigenvalue weighted by atomic mass is 9.91. The molecule has 1 aromatic heterocycles. The molecule has 3 unspecified atom stereocenters. The Kier molecular flexibility index (Phi) is 9.62. The Morgan fingerprint density at radius 3 is 2.83 bits per heavy atom. The molecule has 0 saturated carbocycles. The summed E-state index contributed by atoms with van der Waals surface area (Å²) in [6, 6.07) is 4.59. The Morgan fingerprint density at radius 1 is 1.50 bits per heavy atom. The zero-order chi connectivity index (χ0) is 15.0. The van der Waals surface area contributed by atoms with Crippen molar-refractivity contribution in [3.05, 3.63) is 29.7 Å². The molecule has 0 bridgehead atoms. The van der Waals surface area contributed by atoms with Gasteiger partial charge in [0.15, 0.2) is 5.58 Å². The number of aliphatic hydroxyl groups excluding tert-OH is 1. The van der Waals surface area contributed by atoms with Gasteiger partial charge in [-0.05, 0) is 38.4 Å². The summed E-state index contributed by atoms with van der Waals surface area (Å²) in [4.78, 5) is 2.30. The molecule has 1 aliphatic heterocycles. The topological polar surface area (TPSA) is 116 Å². The highest BCUT2D eigenvalue weighted by molar-refractivity contribution is 14.1. The molecule has 0 radical (unpaired) electrons. The normalized spacial score (nSPS) is 22.2. The van der Waals surface area contributed by atoms with Crippen molar-refractivity contribution in [2.45, 2.75) is 35.8 Å². The SMILES string of the molecule is CC(O)CN1CCC(c2noc3cc(F)ccc23)CC1I.Cl.N.O. The predicted octanol–water partition coefficient (Wildman–Crippen LogP) is 3.05. The molecule has 1 saturated heterocycles. The molecule has 1 fully saturated rings. The first-order chi connectivity index (χ1) is 10.0. The van der Waals surface area contributed by atoms with E-state index in [-0.39, 0.29) is 36.0 Å². The minimum Gasteiger partial charge on any atom is -0.412 e. The van der Waals surface area contributed by atoms with Crippen molar-refractivity contribution in [3.63, 3.8) is 0 Å². The molecule has 24 heavy (non-hydrogen) atoms. The van der Waals surface area contributed by atoms with E-state index in [1.807, 2.05) is 6.92 Å². The van der Waals surface area contributed by atoms with Gasteiger partial charge >= 0.3 is 0 Å². The van der Waals surface area contributed by atoms with Crippen LogP contribution in [0.3, 0.4) is 0 Å². The molecule has 2 heterocycles. The van der Waals surface area contributed by atoms with E-state index in [0.717, 1.165) is 30.5 Å². The number of piperidine rings is 1. The summed E-state index contributed by atoms with van der Waals surface area (Å²) in [6.07, 6.45) is 1.63. The molecular weight excluding hydrogens is 452 g/mol. The summed E-state index contributed by atoms with van der Waals surface area (Å²) in [7, 11) is 0. The number of hydrogen-bond acceptors (Lipinski definition) is 5. The lowest BCUT2D eigenvalue weighted by Crippen LogP contribution is -2.42. The molecule has 1 aromatic carbocycles. The number of aromatic nitrogens is 1. The Balaban J connectivity index is 0.00000176. The van der Waals surface area contributed by atoms with Crippen LogP contribution >= 0.6 is 35.0 Å². The molecule has 1 aliphatic rings. The molecule has 3 atom stereocenters. The minimum absolute atomic E-state index is 0. The lowest BCUT2D eigenvalue weighted by Gasteiger charge is -2.36. The molecule has 0 spiro atoms. The third kappa shape index (κ3) is 4.99. The van der Waals surface area contributed by atoms with Crippen LogP contribution in [0.2, 0.25) is 0 Å². The lowest BCUT2D eigenvalue weighted by molar-refractivity contribution is 0.103. The number of benzene rings is 1. The zero-order valence-corrected chi connectivity index (χ0v) is 16.4. The number of likely N-dealkylation sites (tertiary alicyclic amines) is 1. The summed E-state index contributed by atoms with van der Waals surface area (Å²) in [5.41, 5.74) is 1.45. The van der Waals surface area contributed by atoms with Crippen LogP contribution in [-0.4, -0.2) is 43.9 Å². The number of β-amino-alcohol motifs (C(OH)–C–C–N with tert-alkyl or cyclic N) is 1. The molecule has 6 nitrogen and oxygen atoms in total. The summed E-state index contributed by atoms with van der Waals surface area (Å²) in [6.45, 7) is 3.44. The number of fused-ring (bicyclic) bond motifs is 1. The van der Waals surface area contributed by atoms with Crippen LogP contribution in [0.4, 0.5) is 4.39 Å². The monoisotopic (exact) mass is 475 g/mol. The van der Waals surface area contributed by atoms with Crippen LogP contribution in [0.5, 0.6) is 0 Å². The van der Waals surface area contributed by atoms with Gasteiger partial charge in [0.25, 0.3) is 0 Å². The van der Waals surface area contributed by atoms with Gasteiger partial charge in [0.05, 0.1) is 15.8 Å². The quantitative estimate of drug-likeness (QED) is 0.402. The Bertz CT molecular complexity index is 643. The van der Waals surface area contributed by atoms with Crippen molar-refractivity contribution in [1.29, 1.82) is 0 Å². The Morgan fingerprint density at radius 2 is 2.21 bits per heavy atom. The van der Waals surface area contributed by atoms with Crippen molar-refractivity contribution in [1.82, 2.24) is 16.2 Å². The van der Waals surface area contributed by atoms with Crippen molar-refractivity contribution >= 4 is 46.0 Å². The second-order valence-electron chi connectivity index (χ2n) is 5.71.